The van der Waals surface area contributed by atoms with Gasteiger partial charge in [-0.25, -0.2) is 4.79 Å². The van der Waals surface area contributed by atoms with Gasteiger partial charge in [0.25, 0.3) is 0 Å². The van der Waals surface area contributed by atoms with E-state index in [2.05, 4.69) is 11.9 Å². The molecule has 21 heavy (non-hydrogen) atoms. The predicted molar refractivity (Wildman–Crippen MR) is 69.4 cm³/mol. The van der Waals surface area contributed by atoms with Crippen LogP contribution in [0.5, 0.6) is 0 Å². The van der Waals surface area contributed by atoms with Crippen molar-refractivity contribution in [1.82, 2.24) is 5.32 Å². The van der Waals surface area contributed by atoms with Crippen molar-refractivity contribution in [1.29, 1.82) is 0 Å². The second kappa shape index (κ2) is 6.43. The molecule has 2 N–H and O–H groups in total. The molecule has 0 fully saturated rings. The molecule has 0 spiro atoms. The maximum absolute atomic E-state index is 12.4. The summed E-state index contributed by atoms with van der Waals surface area (Å²) in [6, 6.07) is 3.84. The van der Waals surface area contributed by atoms with Crippen LogP contribution in [0.1, 0.15) is 30.5 Å². The highest BCUT2D eigenvalue weighted by atomic mass is 19.4. The first-order chi connectivity index (χ1) is 9.61. The van der Waals surface area contributed by atoms with E-state index in [0.717, 1.165) is 12.1 Å². The molecular formula is C14H14F3NO3. The zero-order valence-electron chi connectivity index (χ0n) is 11.2. The topological polar surface area (TPSA) is 66.4 Å². The van der Waals surface area contributed by atoms with Gasteiger partial charge < -0.3 is 10.4 Å². The lowest BCUT2D eigenvalue weighted by Crippen LogP contribution is -2.27. The SMILES string of the molecule is C=C(CC(=O)N[C@@H](C)c1ccc(C(F)(F)F)cc1)C(=O)O. The van der Waals surface area contributed by atoms with Crippen molar-refractivity contribution in [3.63, 3.8) is 0 Å². The van der Waals surface area contributed by atoms with Crippen LogP contribution in [0.3, 0.4) is 0 Å². The van der Waals surface area contributed by atoms with Gasteiger partial charge in [0.15, 0.2) is 0 Å². The molecule has 1 atom stereocenters. The highest BCUT2D eigenvalue weighted by Gasteiger charge is 2.30. The van der Waals surface area contributed by atoms with Crippen molar-refractivity contribution in [3.8, 4) is 0 Å². The van der Waals surface area contributed by atoms with E-state index in [1.807, 2.05) is 0 Å². The first-order valence-electron chi connectivity index (χ1n) is 5.99. The molecule has 0 saturated heterocycles. The number of alkyl halides is 3. The van der Waals surface area contributed by atoms with E-state index in [9.17, 15) is 22.8 Å². The number of halogens is 3. The standard InChI is InChI=1S/C14H14F3NO3/c1-8(13(20)21)7-12(19)18-9(2)10-3-5-11(6-4-10)14(15,16)17/h3-6,9H,1,7H2,2H3,(H,18,19)(H,20,21)/t9-/m0/s1. The molecule has 0 radical (unpaired) electrons. The van der Waals surface area contributed by atoms with E-state index in [4.69, 9.17) is 5.11 Å². The van der Waals surface area contributed by atoms with Gasteiger partial charge in [-0.2, -0.15) is 13.2 Å². The van der Waals surface area contributed by atoms with Crippen LogP contribution in [0.2, 0.25) is 0 Å². The zero-order chi connectivity index (χ0) is 16.2. The molecule has 0 aliphatic rings. The molecule has 0 aliphatic carbocycles. The minimum Gasteiger partial charge on any atom is -0.478 e. The monoisotopic (exact) mass is 301 g/mol. The number of carboxylic acids is 1. The Hall–Kier alpha value is -2.31. The summed E-state index contributed by atoms with van der Waals surface area (Å²) in [5, 5.41) is 11.1. The molecule has 0 aliphatic heterocycles. The number of rotatable bonds is 5. The largest absolute Gasteiger partial charge is 0.478 e. The number of nitrogens with one attached hydrogen (secondary N) is 1. The molecule has 0 aromatic heterocycles. The summed E-state index contributed by atoms with van der Waals surface area (Å²) in [5.74, 6) is -1.83. The Morgan fingerprint density at radius 3 is 2.24 bits per heavy atom. The second-order valence-electron chi connectivity index (χ2n) is 4.49. The average Bonchev–Trinajstić information content (AvgIpc) is 2.37. The molecule has 114 valence electrons. The summed E-state index contributed by atoms with van der Waals surface area (Å²) in [6.07, 6.45) is -4.79. The first kappa shape index (κ1) is 16.7. The van der Waals surface area contributed by atoms with Crippen LogP contribution >= 0.6 is 0 Å². The van der Waals surface area contributed by atoms with Gasteiger partial charge in [0, 0.05) is 5.57 Å². The summed E-state index contributed by atoms with van der Waals surface area (Å²) in [5.41, 5.74) is -0.548. The second-order valence-corrected chi connectivity index (χ2v) is 4.49. The third-order valence-electron chi connectivity index (χ3n) is 2.79. The fourth-order valence-electron chi connectivity index (χ4n) is 1.61. The quantitative estimate of drug-likeness (QED) is 0.822. The number of carboxylic acid groups (broad SMARTS) is 1. The lowest BCUT2D eigenvalue weighted by molar-refractivity contribution is -0.137. The van der Waals surface area contributed by atoms with E-state index >= 15 is 0 Å². The van der Waals surface area contributed by atoms with E-state index in [1.54, 1.807) is 6.92 Å². The Labute approximate surface area is 119 Å². The van der Waals surface area contributed by atoms with Gasteiger partial charge in [-0.3, -0.25) is 4.79 Å². The van der Waals surface area contributed by atoms with Crippen LogP contribution in [0.25, 0.3) is 0 Å². The van der Waals surface area contributed by atoms with Crippen molar-refractivity contribution in [2.24, 2.45) is 0 Å². The van der Waals surface area contributed by atoms with E-state index in [0.29, 0.717) is 5.56 Å². The molecule has 0 unspecified atom stereocenters. The van der Waals surface area contributed by atoms with Gasteiger partial charge in [0.2, 0.25) is 5.91 Å². The van der Waals surface area contributed by atoms with Gasteiger partial charge in [-0.1, -0.05) is 18.7 Å². The number of carbonyl (C=O) groups is 2. The third-order valence-corrected chi connectivity index (χ3v) is 2.79. The number of carbonyl (C=O) groups excluding carboxylic acids is 1. The van der Waals surface area contributed by atoms with Crippen LogP contribution in [0, 0.1) is 0 Å². The highest BCUT2D eigenvalue weighted by molar-refractivity contribution is 5.93. The van der Waals surface area contributed by atoms with Crippen molar-refractivity contribution < 1.29 is 27.9 Å². The zero-order valence-corrected chi connectivity index (χ0v) is 11.2. The van der Waals surface area contributed by atoms with Gasteiger partial charge in [-0.15, -0.1) is 0 Å². The predicted octanol–water partition coefficient (Wildman–Crippen LogP) is 2.91. The minimum absolute atomic E-state index is 0.257. The number of hydrogen-bond donors (Lipinski definition) is 2. The normalized spacial score (nSPS) is 12.6. The van der Waals surface area contributed by atoms with Crippen molar-refractivity contribution in [2.45, 2.75) is 25.6 Å². The summed E-state index contributed by atoms with van der Waals surface area (Å²) >= 11 is 0. The molecule has 1 aromatic rings. The smallest absolute Gasteiger partial charge is 0.416 e. The average molecular weight is 301 g/mol. The Bertz CT molecular complexity index is 550. The summed E-state index contributed by atoms with van der Waals surface area (Å²) in [4.78, 5) is 22.1. The summed E-state index contributed by atoms with van der Waals surface area (Å²) in [6.45, 7) is 4.81. The molecule has 0 bridgehead atoms. The van der Waals surface area contributed by atoms with Gasteiger partial charge in [0.05, 0.1) is 18.0 Å². The van der Waals surface area contributed by atoms with Crippen molar-refractivity contribution in [3.05, 3.63) is 47.5 Å². The fourth-order valence-corrected chi connectivity index (χ4v) is 1.61. The lowest BCUT2D eigenvalue weighted by atomic mass is 10.1. The van der Waals surface area contributed by atoms with E-state index in [-0.39, 0.29) is 12.0 Å². The molecule has 1 amide bonds. The molecule has 0 saturated carbocycles. The molecule has 1 aromatic carbocycles. The van der Waals surface area contributed by atoms with Gasteiger partial charge in [-0.05, 0) is 24.6 Å². The Morgan fingerprint density at radius 1 is 1.29 bits per heavy atom. The van der Waals surface area contributed by atoms with Gasteiger partial charge >= 0.3 is 12.1 Å². The number of benzene rings is 1. The lowest BCUT2D eigenvalue weighted by Gasteiger charge is -2.15. The Kier molecular flexibility index (Phi) is 5.12. The van der Waals surface area contributed by atoms with Crippen LogP contribution in [-0.4, -0.2) is 17.0 Å². The van der Waals surface area contributed by atoms with Crippen LogP contribution < -0.4 is 5.32 Å². The molecule has 1 rings (SSSR count). The highest BCUT2D eigenvalue weighted by Crippen LogP contribution is 2.29. The van der Waals surface area contributed by atoms with Gasteiger partial charge in [0.1, 0.15) is 0 Å². The van der Waals surface area contributed by atoms with E-state index < -0.39 is 29.7 Å². The van der Waals surface area contributed by atoms with Crippen LogP contribution in [0.4, 0.5) is 13.2 Å². The first-order valence-corrected chi connectivity index (χ1v) is 5.99. The molecular weight excluding hydrogens is 287 g/mol. The Morgan fingerprint density at radius 2 is 1.81 bits per heavy atom. The van der Waals surface area contributed by atoms with Crippen molar-refractivity contribution in [2.75, 3.05) is 0 Å². The number of amides is 1. The number of hydrogen-bond acceptors (Lipinski definition) is 2. The van der Waals surface area contributed by atoms with Crippen LogP contribution in [-0.2, 0) is 15.8 Å². The molecule has 4 nitrogen and oxygen atoms in total. The number of aliphatic carboxylic acids is 1. The maximum Gasteiger partial charge on any atom is 0.416 e. The third kappa shape index (κ3) is 4.94. The van der Waals surface area contributed by atoms with E-state index in [1.165, 1.54) is 12.1 Å². The fraction of sp³-hybridized carbons (Fsp3) is 0.286. The van der Waals surface area contributed by atoms with Crippen LogP contribution in [0.15, 0.2) is 36.4 Å². The summed E-state index contributed by atoms with van der Waals surface area (Å²) in [7, 11) is 0. The molecule has 7 heteroatoms. The summed E-state index contributed by atoms with van der Waals surface area (Å²) < 4.78 is 37.2. The Balaban J connectivity index is 2.68. The van der Waals surface area contributed by atoms with Crippen molar-refractivity contribution >= 4 is 11.9 Å². The minimum atomic E-state index is -4.41. The molecule has 0 heterocycles. The maximum atomic E-state index is 12.4.